The molecule has 0 aliphatic carbocycles. The number of hydrogen-bond acceptors (Lipinski definition) is 5. The highest BCUT2D eigenvalue weighted by molar-refractivity contribution is 7.89. The molecule has 2 fully saturated rings. The molecule has 0 radical (unpaired) electrons. The Morgan fingerprint density at radius 2 is 1.77 bits per heavy atom. The highest BCUT2D eigenvalue weighted by Crippen LogP contribution is 2.22. The maximum Gasteiger partial charge on any atom is 0.308 e. The van der Waals surface area contributed by atoms with Crippen molar-refractivity contribution in [1.82, 2.24) is 14.5 Å². The third-order valence-corrected chi connectivity index (χ3v) is 7.61. The summed E-state index contributed by atoms with van der Waals surface area (Å²) >= 11 is 0. The van der Waals surface area contributed by atoms with E-state index in [1.807, 2.05) is 19.1 Å². The normalized spacial score (nSPS) is 19.1. The van der Waals surface area contributed by atoms with Crippen molar-refractivity contribution in [2.75, 3.05) is 39.8 Å². The van der Waals surface area contributed by atoms with Crippen LogP contribution in [0.25, 0.3) is 0 Å². The Morgan fingerprint density at radius 3 is 2.33 bits per heavy atom. The van der Waals surface area contributed by atoms with E-state index in [0.29, 0.717) is 24.5 Å². The van der Waals surface area contributed by atoms with Crippen LogP contribution in [0.3, 0.4) is 0 Å². The fraction of sp³-hybridized carbons (Fsp3) is 0.619. The Morgan fingerprint density at radius 1 is 1.13 bits per heavy atom. The van der Waals surface area contributed by atoms with Crippen molar-refractivity contribution in [1.29, 1.82) is 0 Å². The molecular weight excluding hydrogens is 404 g/mol. The van der Waals surface area contributed by atoms with Crippen LogP contribution in [-0.2, 0) is 26.1 Å². The summed E-state index contributed by atoms with van der Waals surface area (Å²) in [6, 6.07) is 7.01. The van der Waals surface area contributed by atoms with Gasteiger partial charge in [-0.3, -0.25) is 4.79 Å². The van der Waals surface area contributed by atoms with Gasteiger partial charge in [-0.1, -0.05) is 12.1 Å². The molecule has 8 nitrogen and oxygen atoms in total. The molecule has 0 aromatic heterocycles. The summed E-state index contributed by atoms with van der Waals surface area (Å²) in [4.78, 5) is 19.0. The number of sulfonamides is 1. The maximum absolute atomic E-state index is 12.6. The van der Waals surface area contributed by atoms with Gasteiger partial charge in [0, 0.05) is 32.7 Å². The fourth-order valence-corrected chi connectivity index (χ4v) is 5.45. The molecule has 2 aliphatic rings. The third-order valence-electron chi connectivity index (χ3n) is 5.70. The van der Waals surface area contributed by atoms with E-state index < -0.39 is 10.0 Å². The number of likely N-dealkylation sites (tertiary alicyclic amines) is 1. The second kappa shape index (κ2) is 10.3. The molecule has 30 heavy (non-hydrogen) atoms. The van der Waals surface area contributed by atoms with Crippen molar-refractivity contribution in [2.45, 2.75) is 44.0 Å². The minimum atomic E-state index is -3.39. The number of piperidine rings is 1. The molecule has 3 rings (SSSR count). The van der Waals surface area contributed by atoms with Crippen LogP contribution in [0.5, 0.6) is 0 Å². The standard InChI is InChI=1S/C21H32N4O4S/c1-3-22-21(24-14-10-18(11-15-24)20(26)29-2)23-16-17-6-8-19(9-7-17)30(27,28)25-12-4-5-13-25/h6-9,18H,3-5,10-16H2,1-2H3,(H,22,23). The van der Waals surface area contributed by atoms with Crippen LogP contribution in [0.4, 0.5) is 0 Å². The lowest BCUT2D eigenvalue weighted by molar-refractivity contribution is -0.146. The summed E-state index contributed by atoms with van der Waals surface area (Å²) in [6.45, 7) is 5.94. The van der Waals surface area contributed by atoms with E-state index in [0.717, 1.165) is 56.8 Å². The molecule has 1 aromatic carbocycles. The van der Waals surface area contributed by atoms with Crippen LogP contribution in [0.2, 0.25) is 0 Å². The van der Waals surface area contributed by atoms with Crippen LogP contribution in [0.15, 0.2) is 34.2 Å². The van der Waals surface area contributed by atoms with Gasteiger partial charge in [-0.25, -0.2) is 13.4 Å². The van der Waals surface area contributed by atoms with Crippen LogP contribution in [-0.4, -0.2) is 69.4 Å². The number of guanidine groups is 1. The molecule has 1 aromatic rings. The zero-order valence-corrected chi connectivity index (χ0v) is 18.7. The van der Waals surface area contributed by atoms with Crippen molar-refractivity contribution < 1.29 is 17.9 Å². The zero-order chi connectivity index (χ0) is 21.6. The molecule has 0 saturated carbocycles. The number of ether oxygens (including phenoxy) is 1. The van der Waals surface area contributed by atoms with Crippen LogP contribution < -0.4 is 5.32 Å². The van der Waals surface area contributed by atoms with Gasteiger partial charge in [0.1, 0.15) is 0 Å². The van der Waals surface area contributed by atoms with Gasteiger partial charge in [0.15, 0.2) is 5.96 Å². The van der Waals surface area contributed by atoms with E-state index in [4.69, 9.17) is 9.73 Å². The third kappa shape index (κ3) is 5.31. The molecule has 166 valence electrons. The molecule has 9 heteroatoms. The molecule has 0 amide bonds. The van der Waals surface area contributed by atoms with Gasteiger partial charge in [0.25, 0.3) is 0 Å². The molecule has 2 heterocycles. The summed E-state index contributed by atoms with van der Waals surface area (Å²) in [5.41, 5.74) is 0.954. The summed E-state index contributed by atoms with van der Waals surface area (Å²) < 4.78 is 31.7. The Bertz CT molecular complexity index is 840. The number of rotatable bonds is 6. The highest BCUT2D eigenvalue weighted by atomic mass is 32.2. The van der Waals surface area contributed by atoms with Gasteiger partial charge in [-0.2, -0.15) is 4.31 Å². The summed E-state index contributed by atoms with van der Waals surface area (Å²) in [5, 5.41) is 3.31. The number of benzene rings is 1. The number of aliphatic imine (C=N–C) groups is 1. The minimum Gasteiger partial charge on any atom is -0.469 e. The Labute approximate surface area is 179 Å². The average Bonchev–Trinajstić information content (AvgIpc) is 3.32. The second-order valence-electron chi connectivity index (χ2n) is 7.71. The first-order valence-corrected chi connectivity index (χ1v) is 12.1. The first-order chi connectivity index (χ1) is 14.5. The number of hydrogen-bond donors (Lipinski definition) is 1. The highest BCUT2D eigenvalue weighted by Gasteiger charge is 2.28. The van der Waals surface area contributed by atoms with Gasteiger partial charge >= 0.3 is 5.97 Å². The lowest BCUT2D eigenvalue weighted by atomic mass is 9.97. The van der Waals surface area contributed by atoms with E-state index in [9.17, 15) is 13.2 Å². The van der Waals surface area contributed by atoms with Crippen molar-refractivity contribution in [3.05, 3.63) is 29.8 Å². The van der Waals surface area contributed by atoms with Crippen LogP contribution in [0, 0.1) is 5.92 Å². The average molecular weight is 437 g/mol. The molecule has 0 spiro atoms. The molecule has 0 unspecified atom stereocenters. The van der Waals surface area contributed by atoms with Gasteiger partial charge in [-0.05, 0) is 50.3 Å². The number of nitrogens with zero attached hydrogens (tertiary/aromatic N) is 3. The van der Waals surface area contributed by atoms with Crippen LogP contribution in [0.1, 0.15) is 38.2 Å². The molecule has 1 N–H and O–H groups in total. The van der Waals surface area contributed by atoms with Gasteiger partial charge in [0.2, 0.25) is 10.0 Å². The number of carbonyl (C=O) groups excluding carboxylic acids is 1. The van der Waals surface area contributed by atoms with Gasteiger partial charge in [0.05, 0.1) is 24.5 Å². The summed E-state index contributed by atoms with van der Waals surface area (Å²) in [5.74, 6) is 0.634. The van der Waals surface area contributed by atoms with E-state index in [1.165, 1.54) is 7.11 Å². The number of carbonyl (C=O) groups is 1. The quantitative estimate of drug-likeness (QED) is 0.416. The van der Waals surface area contributed by atoms with Crippen molar-refractivity contribution in [2.24, 2.45) is 10.9 Å². The summed E-state index contributed by atoms with van der Waals surface area (Å²) in [6.07, 6.45) is 3.35. The van der Waals surface area contributed by atoms with Crippen molar-refractivity contribution >= 4 is 22.0 Å². The topological polar surface area (TPSA) is 91.3 Å². The van der Waals surface area contributed by atoms with E-state index in [-0.39, 0.29) is 11.9 Å². The molecule has 2 saturated heterocycles. The van der Waals surface area contributed by atoms with Gasteiger partial charge in [-0.15, -0.1) is 0 Å². The predicted octanol–water partition coefficient (Wildman–Crippen LogP) is 1.82. The molecule has 0 atom stereocenters. The minimum absolute atomic E-state index is 0.0424. The smallest absolute Gasteiger partial charge is 0.308 e. The number of esters is 1. The van der Waals surface area contributed by atoms with E-state index in [2.05, 4.69) is 10.2 Å². The lowest BCUT2D eigenvalue weighted by Crippen LogP contribution is -2.46. The predicted molar refractivity (Wildman–Crippen MR) is 116 cm³/mol. The van der Waals surface area contributed by atoms with E-state index >= 15 is 0 Å². The largest absolute Gasteiger partial charge is 0.469 e. The SMILES string of the molecule is CCNC(=NCc1ccc(S(=O)(=O)N2CCCC2)cc1)N1CCC(C(=O)OC)CC1. The summed E-state index contributed by atoms with van der Waals surface area (Å²) in [7, 11) is -1.96. The zero-order valence-electron chi connectivity index (χ0n) is 17.8. The Hall–Kier alpha value is -2.13. The van der Waals surface area contributed by atoms with Crippen molar-refractivity contribution in [3.63, 3.8) is 0 Å². The second-order valence-corrected chi connectivity index (χ2v) is 9.65. The first kappa shape index (κ1) is 22.6. The maximum atomic E-state index is 12.6. The molecular formula is C21H32N4O4S. The Balaban J connectivity index is 1.63. The molecule has 2 aliphatic heterocycles. The lowest BCUT2D eigenvalue weighted by Gasteiger charge is -2.33. The molecule has 0 bridgehead atoms. The van der Waals surface area contributed by atoms with Crippen molar-refractivity contribution in [3.8, 4) is 0 Å². The fourth-order valence-electron chi connectivity index (χ4n) is 3.93. The Kier molecular flexibility index (Phi) is 7.71. The number of methoxy groups -OCH3 is 1. The van der Waals surface area contributed by atoms with Gasteiger partial charge < -0.3 is 15.0 Å². The van der Waals surface area contributed by atoms with Crippen LogP contribution >= 0.6 is 0 Å². The number of nitrogens with one attached hydrogen (secondary N) is 1. The van der Waals surface area contributed by atoms with E-state index in [1.54, 1.807) is 16.4 Å². The first-order valence-electron chi connectivity index (χ1n) is 10.7. The monoisotopic (exact) mass is 436 g/mol.